The minimum atomic E-state index is -3.78. The van der Waals surface area contributed by atoms with Gasteiger partial charge in [0.1, 0.15) is 0 Å². The van der Waals surface area contributed by atoms with E-state index < -0.39 is 10.0 Å². The number of ether oxygens (including phenoxy) is 2. The fourth-order valence-electron chi connectivity index (χ4n) is 4.95. The molecule has 5 rings (SSSR count). The molecule has 10 heteroatoms. The Hall–Kier alpha value is -4.02. The number of pyridine rings is 2. The normalized spacial score (nSPS) is 14.4. The summed E-state index contributed by atoms with van der Waals surface area (Å²) < 4.78 is 38.6. The number of amides is 1. The van der Waals surface area contributed by atoms with Gasteiger partial charge in [0.25, 0.3) is 5.91 Å². The number of carbonyl (C=O) groups excluding carboxylic acids is 1. The number of rotatable bonds is 6. The fraction of sp³-hybridized carbons (Fsp3) is 0.276. The highest BCUT2D eigenvalue weighted by molar-refractivity contribution is 7.89. The van der Waals surface area contributed by atoms with Crippen LogP contribution in [0.15, 0.2) is 65.8 Å². The summed E-state index contributed by atoms with van der Waals surface area (Å²) in [6, 6.07) is 14.1. The Morgan fingerprint density at radius 1 is 0.923 bits per heavy atom. The zero-order valence-corrected chi connectivity index (χ0v) is 23.2. The third-order valence-electron chi connectivity index (χ3n) is 6.95. The molecule has 0 bridgehead atoms. The van der Waals surface area contributed by atoms with Crippen molar-refractivity contribution in [3.05, 3.63) is 77.6 Å². The third-order valence-corrected chi connectivity index (χ3v) is 8.85. The van der Waals surface area contributed by atoms with Gasteiger partial charge in [-0.25, -0.2) is 13.4 Å². The first-order valence-corrected chi connectivity index (χ1v) is 14.0. The molecular formula is C29H30N4O5S. The third kappa shape index (κ3) is 5.05. The van der Waals surface area contributed by atoms with Crippen LogP contribution in [0.25, 0.3) is 22.2 Å². The highest BCUT2D eigenvalue weighted by Gasteiger charge is 2.32. The smallest absolute Gasteiger partial charge is 0.254 e. The standard InChI is InChI=1S/C29H30N4O5S/c1-19-14-20(2)28-23(15-19)24(17-25(31-28)21-6-5-9-30-18-21)29(34)32-10-12-33(13-11-32)39(35,36)22-7-8-26(37-3)27(16-22)38-4/h5-9,14-18H,10-13H2,1-4H3. The lowest BCUT2D eigenvalue weighted by molar-refractivity contribution is 0.0700. The summed E-state index contributed by atoms with van der Waals surface area (Å²) in [5, 5.41) is 0.783. The van der Waals surface area contributed by atoms with Crippen LogP contribution >= 0.6 is 0 Å². The van der Waals surface area contributed by atoms with Crippen LogP contribution in [0.4, 0.5) is 0 Å². The van der Waals surface area contributed by atoms with Gasteiger partial charge in [-0.05, 0) is 55.8 Å². The first-order valence-electron chi connectivity index (χ1n) is 12.6. The predicted octanol–water partition coefficient (Wildman–Crippen LogP) is 4.08. The second kappa shape index (κ2) is 10.6. The molecule has 1 aliphatic heterocycles. The summed E-state index contributed by atoms with van der Waals surface area (Å²) in [5.74, 6) is 0.639. The molecule has 0 spiro atoms. The number of hydrogen-bond donors (Lipinski definition) is 0. The molecule has 1 fully saturated rings. The van der Waals surface area contributed by atoms with Crippen molar-refractivity contribution in [2.45, 2.75) is 18.7 Å². The number of benzene rings is 2. The van der Waals surface area contributed by atoms with E-state index in [0.717, 1.165) is 27.6 Å². The van der Waals surface area contributed by atoms with Crippen molar-refractivity contribution in [2.75, 3.05) is 40.4 Å². The lowest BCUT2D eigenvalue weighted by atomic mass is 9.99. The van der Waals surface area contributed by atoms with E-state index in [4.69, 9.17) is 14.5 Å². The van der Waals surface area contributed by atoms with Gasteiger partial charge in [-0.1, -0.05) is 11.6 Å². The Morgan fingerprint density at radius 2 is 1.67 bits per heavy atom. The molecule has 3 heterocycles. The molecule has 9 nitrogen and oxygen atoms in total. The van der Waals surface area contributed by atoms with Crippen LogP contribution < -0.4 is 9.47 Å². The molecule has 0 atom stereocenters. The van der Waals surface area contributed by atoms with E-state index in [2.05, 4.69) is 11.1 Å². The minimum absolute atomic E-state index is 0.118. The molecule has 2 aromatic heterocycles. The largest absolute Gasteiger partial charge is 0.493 e. The van der Waals surface area contributed by atoms with Crippen LogP contribution in [0.1, 0.15) is 21.5 Å². The van der Waals surface area contributed by atoms with Crippen LogP contribution in [-0.2, 0) is 10.0 Å². The number of aryl methyl sites for hydroxylation is 2. The molecule has 2 aromatic carbocycles. The van der Waals surface area contributed by atoms with Crippen molar-refractivity contribution in [2.24, 2.45) is 0 Å². The average molecular weight is 547 g/mol. The second-order valence-corrected chi connectivity index (χ2v) is 11.4. The minimum Gasteiger partial charge on any atom is -0.493 e. The summed E-state index contributed by atoms with van der Waals surface area (Å²) in [6.45, 7) is 4.87. The van der Waals surface area contributed by atoms with E-state index in [-0.39, 0.29) is 37.0 Å². The number of nitrogens with zero attached hydrogens (tertiary/aromatic N) is 4. The molecular weight excluding hydrogens is 516 g/mol. The maximum atomic E-state index is 13.9. The Morgan fingerprint density at radius 3 is 2.33 bits per heavy atom. The van der Waals surface area contributed by atoms with Crippen molar-refractivity contribution in [1.29, 1.82) is 0 Å². The number of methoxy groups -OCH3 is 2. The highest BCUT2D eigenvalue weighted by Crippen LogP contribution is 2.32. The van der Waals surface area contributed by atoms with E-state index in [1.807, 2.05) is 38.1 Å². The van der Waals surface area contributed by atoms with Crippen LogP contribution in [0.5, 0.6) is 11.5 Å². The maximum absolute atomic E-state index is 13.9. The van der Waals surface area contributed by atoms with Gasteiger partial charge in [0.05, 0.1) is 35.9 Å². The lowest BCUT2D eigenvalue weighted by Crippen LogP contribution is -2.50. The average Bonchev–Trinajstić information content (AvgIpc) is 2.96. The van der Waals surface area contributed by atoms with Gasteiger partial charge in [0.15, 0.2) is 11.5 Å². The molecule has 0 aliphatic carbocycles. The van der Waals surface area contributed by atoms with Gasteiger partial charge in [-0.15, -0.1) is 0 Å². The monoisotopic (exact) mass is 546 g/mol. The van der Waals surface area contributed by atoms with Crippen molar-refractivity contribution in [1.82, 2.24) is 19.2 Å². The number of fused-ring (bicyclic) bond motifs is 1. The molecule has 0 radical (unpaired) electrons. The van der Waals surface area contributed by atoms with Crippen LogP contribution in [0.2, 0.25) is 0 Å². The fourth-order valence-corrected chi connectivity index (χ4v) is 6.39. The summed E-state index contributed by atoms with van der Waals surface area (Å²) in [4.78, 5) is 24.8. The highest BCUT2D eigenvalue weighted by atomic mass is 32.2. The van der Waals surface area contributed by atoms with Crippen LogP contribution in [0.3, 0.4) is 0 Å². The first kappa shape index (κ1) is 26.6. The second-order valence-electron chi connectivity index (χ2n) is 9.49. The molecule has 0 N–H and O–H groups in total. The molecule has 4 aromatic rings. The molecule has 0 saturated carbocycles. The Balaban J connectivity index is 1.43. The zero-order chi connectivity index (χ0) is 27.7. The van der Waals surface area contributed by atoms with E-state index in [9.17, 15) is 13.2 Å². The van der Waals surface area contributed by atoms with Gasteiger partial charge in [-0.3, -0.25) is 9.78 Å². The van der Waals surface area contributed by atoms with E-state index in [1.54, 1.807) is 23.4 Å². The first-order chi connectivity index (χ1) is 18.7. The summed E-state index contributed by atoms with van der Waals surface area (Å²) in [6.07, 6.45) is 3.42. The maximum Gasteiger partial charge on any atom is 0.254 e. The van der Waals surface area contributed by atoms with Crippen molar-refractivity contribution in [3.63, 3.8) is 0 Å². The van der Waals surface area contributed by atoms with Crippen molar-refractivity contribution < 1.29 is 22.7 Å². The Labute approximate surface area is 228 Å². The number of hydrogen-bond acceptors (Lipinski definition) is 7. The number of carbonyl (C=O) groups is 1. The van der Waals surface area contributed by atoms with Crippen molar-refractivity contribution >= 4 is 26.8 Å². The topological polar surface area (TPSA) is 102 Å². The molecule has 1 aliphatic rings. The van der Waals surface area contributed by atoms with Gasteiger partial charge in [-0.2, -0.15) is 4.31 Å². The molecule has 39 heavy (non-hydrogen) atoms. The SMILES string of the molecule is COc1ccc(S(=O)(=O)N2CCN(C(=O)c3cc(-c4cccnc4)nc4c(C)cc(C)cc34)CC2)cc1OC. The van der Waals surface area contributed by atoms with Gasteiger partial charge >= 0.3 is 0 Å². The van der Waals surface area contributed by atoms with Crippen LogP contribution in [-0.4, -0.2) is 73.9 Å². The van der Waals surface area contributed by atoms with E-state index in [1.165, 1.54) is 30.7 Å². The number of piperazine rings is 1. The summed E-state index contributed by atoms with van der Waals surface area (Å²) >= 11 is 0. The number of sulfonamides is 1. The van der Waals surface area contributed by atoms with Gasteiger partial charge < -0.3 is 14.4 Å². The van der Waals surface area contributed by atoms with Gasteiger partial charge in [0, 0.05) is 55.6 Å². The van der Waals surface area contributed by atoms with E-state index in [0.29, 0.717) is 22.8 Å². The molecule has 1 amide bonds. The quantitative estimate of drug-likeness (QED) is 0.359. The Bertz CT molecular complexity index is 1650. The summed E-state index contributed by atoms with van der Waals surface area (Å²) in [5.41, 5.74) is 4.81. The zero-order valence-electron chi connectivity index (χ0n) is 22.3. The lowest BCUT2D eigenvalue weighted by Gasteiger charge is -2.34. The molecule has 202 valence electrons. The summed E-state index contributed by atoms with van der Waals surface area (Å²) in [7, 11) is -0.820. The van der Waals surface area contributed by atoms with E-state index >= 15 is 0 Å². The van der Waals surface area contributed by atoms with Crippen molar-refractivity contribution in [3.8, 4) is 22.8 Å². The predicted molar refractivity (Wildman–Crippen MR) is 149 cm³/mol. The Kier molecular flexibility index (Phi) is 7.24. The molecule has 1 saturated heterocycles. The molecule has 0 unspecified atom stereocenters. The van der Waals surface area contributed by atoms with Gasteiger partial charge in [0.2, 0.25) is 10.0 Å². The number of aromatic nitrogens is 2. The van der Waals surface area contributed by atoms with Crippen LogP contribution in [0, 0.1) is 13.8 Å².